The number of thiazole rings is 1. The molecule has 1 heterocycles. The molecule has 19 heavy (non-hydrogen) atoms. The van der Waals surface area contributed by atoms with Crippen LogP contribution in [-0.2, 0) is 0 Å². The lowest BCUT2D eigenvalue weighted by molar-refractivity contribution is -0.380. The van der Waals surface area contributed by atoms with Gasteiger partial charge in [-0.05, 0) is 42.0 Å². The van der Waals surface area contributed by atoms with E-state index in [4.69, 9.17) is 5.11 Å². The van der Waals surface area contributed by atoms with Gasteiger partial charge in [-0.25, -0.2) is 9.78 Å². The predicted molar refractivity (Wildman–Crippen MR) is 70.2 cm³/mol. The largest absolute Gasteiger partial charge is 0.478 e. The fourth-order valence-electron chi connectivity index (χ4n) is 1.51. The monoisotopic (exact) mass is 279 g/mol. The number of carboxylic acids is 1. The number of aryl methyl sites for hydroxylation is 1. The van der Waals surface area contributed by atoms with Crippen molar-refractivity contribution in [2.24, 2.45) is 0 Å². The minimum Gasteiger partial charge on any atom is -0.478 e. The van der Waals surface area contributed by atoms with Gasteiger partial charge in [-0.3, -0.25) is 10.1 Å². The first-order valence-corrected chi connectivity index (χ1v) is 6.00. The minimum atomic E-state index is -0.992. The minimum absolute atomic E-state index is 0.0543. The van der Waals surface area contributed by atoms with Crippen LogP contribution in [0.25, 0.3) is 0 Å². The molecule has 0 saturated heterocycles. The maximum atomic E-state index is 10.9. The van der Waals surface area contributed by atoms with E-state index in [1.165, 1.54) is 12.3 Å². The second-order valence-electron chi connectivity index (χ2n) is 3.72. The Morgan fingerprint density at radius 3 is 2.79 bits per heavy atom. The zero-order valence-corrected chi connectivity index (χ0v) is 10.6. The van der Waals surface area contributed by atoms with E-state index in [-0.39, 0.29) is 10.6 Å². The van der Waals surface area contributed by atoms with Crippen molar-refractivity contribution in [3.05, 3.63) is 45.6 Å². The van der Waals surface area contributed by atoms with Crippen molar-refractivity contribution < 1.29 is 14.8 Å². The first kappa shape index (κ1) is 13.0. The molecule has 0 fully saturated rings. The lowest BCUT2D eigenvalue weighted by Gasteiger charge is -2.05. The van der Waals surface area contributed by atoms with E-state index in [9.17, 15) is 14.9 Å². The fourth-order valence-corrected chi connectivity index (χ4v) is 2.16. The fraction of sp³-hybridized carbons (Fsp3) is 0.0909. The first-order chi connectivity index (χ1) is 8.97. The van der Waals surface area contributed by atoms with Crippen LogP contribution in [0.15, 0.2) is 24.4 Å². The number of carbonyl (C=O) groups is 1. The molecule has 8 heteroatoms. The van der Waals surface area contributed by atoms with E-state index in [0.29, 0.717) is 16.4 Å². The van der Waals surface area contributed by atoms with Crippen molar-refractivity contribution in [1.29, 1.82) is 0 Å². The van der Waals surface area contributed by atoms with Gasteiger partial charge in [0.05, 0.1) is 10.5 Å². The molecule has 0 saturated carbocycles. The molecule has 2 N–H and O–H groups in total. The normalized spacial score (nSPS) is 10.2. The van der Waals surface area contributed by atoms with E-state index in [1.807, 2.05) is 0 Å². The quantitative estimate of drug-likeness (QED) is 0.658. The lowest BCUT2D eigenvalue weighted by atomic mass is 10.1. The standard InChI is InChI=1S/C11H9N3O4S/c1-6-4-7(2-3-8(6)10(15)16)13-11-12-5-9(19-11)14(17)18/h2-5H,1H3,(H,12,13)(H,15,16). The van der Waals surface area contributed by atoms with Gasteiger partial charge in [0.1, 0.15) is 6.20 Å². The van der Waals surface area contributed by atoms with Gasteiger partial charge >= 0.3 is 11.0 Å². The SMILES string of the molecule is Cc1cc(Nc2ncc([N+](=O)[O-])s2)ccc1C(=O)O. The number of rotatable bonds is 4. The molecule has 2 aromatic rings. The molecule has 98 valence electrons. The van der Waals surface area contributed by atoms with E-state index in [1.54, 1.807) is 19.1 Å². The number of nitrogens with one attached hydrogen (secondary N) is 1. The summed E-state index contributed by atoms with van der Waals surface area (Å²) in [4.78, 5) is 24.7. The van der Waals surface area contributed by atoms with Crippen LogP contribution >= 0.6 is 11.3 Å². The molecule has 0 aliphatic heterocycles. The van der Waals surface area contributed by atoms with Crippen LogP contribution in [0.2, 0.25) is 0 Å². The third-order valence-corrected chi connectivity index (χ3v) is 3.25. The molecule has 0 aliphatic rings. The summed E-state index contributed by atoms with van der Waals surface area (Å²) in [6, 6.07) is 4.71. The Balaban J connectivity index is 2.21. The molecule has 0 unspecified atom stereocenters. The van der Waals surface area contributed by atoms with Gasteiger partial charge in [0, 0.05) is 5.69 Å². The van der Waals surface area contributed by atoms with Crippen molar-refractivity contribution in [2.75, 3.05) is 5.32 Å². The number of aromatic nitrogens is 1. The number of hydrogen-bond donors (Lipinski definition) is 2. The third-order valence-electron chi connectivity index (χ3n) is 2.38. The second kappa shape index (κ2) is 5.02. The van der Waals surface area contributed by atoms with Gasteiger partial charge in [0.2, 0.25) is 0 Å². The van der Waals surface area contributed by atoms with Gasteiger partial charge in [-0.2, -0.15) is 0 Å². The van der Waals surface area contributed by atoms with Crippen molar-refractivity contribution in [1.82, 2.24) is 4.98 Å². The molecule has 0 bridgehead atoms. The average Bonchev–Trinajstić information content (AvgIpc) is 2.77. The molecular formula is C11H9N3O4S. The highest BCUT2D eigenvalue weighted by Crippen LogP contribution is 2.28. The Labute approximate surface area is 111 Å². The number of aromatic carboxylic acids is 1. The number of carboxylic acid groups (broad SMARTS) is 1. The molecule has 1 aromatic carbocycles. The predicted octanol–water partition coefficient (Wildman–Crippen LogP) is 2.80. The van der Waals surface area contributed by atoms with Gasteiger partial charge in [0.25, 0.3) is 0 Å². The summed E-state index contributed by atoms with van der Waals surface area (Å²) in [5, 5.41) is 22.7. The molecule has 2 rings (SSSR count). The Morgan fingerprint density at radius 1 is 1.53 bits per heavy atom. The summed E-state index contributed by atoms with van der Waals surface area (Å²) in [6.45, 7) is 1.68. The van der Waals surface area contributed by atoms with Crippen molar-refractivity contribution in [2.45, 2.75) is 6.92 Å². The molecule has 0 radical (unpaired) electrons. The number of benzene rings is 1. The lowest BCUT2D eigenvalue weighted by Crippen LogP contribution is -2.00. The summed E-state index contributed by atoms with van der Waals surface area (Å²) in [5.74, 6) is -0.992. The zero-order chi connectivity index (χ0) is 14.0. The van der Waals surface area contributed by atoms with Crippen LogP contribution in [0.1, 0.15) is 15.9 Å². The maximum absolute atomic E-state index is 10.9. The smallest absolute Gasteiger partial charge is 0.345 e. The number of hydrogen-bond acceptors (Lipinski definition) is 6. The highest BCUT2D eigenvalue weighted by atomic mass is 32.1. The van der Waals surface area contributed by atoms with E-state index >= 15 is 0 Å². The highest BCUT2D eigenvalue weighted by Gasteiger charge is 2.12. The summed E-state index contributed by atoms with van der Waals surface area (Å²) < 4.78 is 0. The zero-order valence-electron chi connectivity index (χ0n) is 9.78. The molecule has 0 amide bonds. The van der Waals surface area contributed by atoms with Crippen LogP contribution in [-0.4, -0.2) is 21.0 Å². The Hall–Kier alpha value is -2.48. The summed E-state index contributed by atoms with van der Waals surface area (Å²) in [6.07, 6.45) is 1.17. The topological polar surface area (TPSA) is 105 Å². The van der Waals surface area contributed by atoms with Crippen LogP contribution < -0.4 is 5.32 Å². The Morgan fingerprint density at radius 2 is 2.26 bits per heavy atom. The van der Waals surface area contributed by atoms with Crippen LogP contribution in [0.3, 0.4) is 0 Å². The highest BCUT2D eigenvalue weighted by molar-refractivity contribution is 7.18. The number of nitrogens with zero attached hydrogens (tertiary/aromatic N) is 2. The van der Waals surface area contributed by atoms with Gasteiger partial charge in [0.15, 0.2) is 5.13 Å². The third kappa shape index (κ3) is 2.86. The first-order valence-electron chi connectivity index (χ1n) is 5.18. The number of nitro groups is 1. The Bertz CT molecular complexity index is 653. The van der Waals surface area contributed by atoms with Gasteiger partial charge in [-0.15, -0.1) is 0 Å². The Kier molecular flexibility index (Phi) is 3.43. The summed E-state index contributed by atoms with van der Waals surface area (Å²) in [7, 11) is 0. The van der Waals surface area contributed by atoms with E-state index < -0.39 is 10.9 Å². The molecule has 0 aliphatic carbocycles. The van der Waals surface area contributed by atoms with Crippen molar-refractivity contribution in [3.8, 4) is 0 Å². The van der Waals surface area contributed by atoms with E-state index in [2.05, 4.69) is 10.3 Å². The van der Waals surface area contributed by atoms with Crippen LogP contribution in [0, 0.1) is 17.0 Å². The van der Waals surface area contributed by atoms with Crippen LogP contribution in [0.4, 0.5) is 15.8 Å². The van der Waals surface area contributed by atoms with Gasteiger partial charge in [-0.1, -0.05) is 0 Å². The molecule has 7 nitrogen and oxygen atoms in total. The molecule has 0 atom stereocenters. The summed E-state index contributed by atoms with van der Waals surface area (Å²) >= 11 is 0.915. The van der Waals surface area contributed by atoms with Gasteiger partial charge < -0.3 is 10.4 Å². The van der Waals surface area contributed by atoms with Crippen molar-refractivity contribution >= 4 is 33.1 Å². The molecular weight excluding hydrogens is 270 g/mol. The number of anilines is 2. The molecule has 0 spiro atoms. The summed E-state index contributed by atoms with van der Waals surface area (Å²) in [5.41, 5.74) is 1.45. The molecule has 1 aromatic heterocycles. The van der Waals surface area contributed by atoms with E-state index in [0.717, 1.165) is 11.3 Å². The van der Waals surface area contributed by atoms with Crippen molar-refractivity contribution in [3.63, 3.8) is 0 Å². The maximum Gasteiger partial charge on any atom is 0.345 e. The van der Waals surface area contributed by atoms with Crippen LogP contribution in [0.5, 0.6) is 0 Å². The second-order valence-corrected chi connectivity index (χ2v) is 4.73. The average molecular weight is 279 g/mol.